The van der Waals surface area contributed by atoms with Crippen LogP contribution in [0.3, 0.4) is 0 Å². The number of rotatable bonds is 5. The molecule has 1 atom stereocenters. The number of aliphatic imine (C=N–C) groups is 1. The summed E-state index contributed by atoms with van der Waals surface area (Å²) in [6.45, 7) is 12.4. The zero-order valence-corrected chi connectivity index (χ0v) is 15.4. The van der Waals surface area contributed by atoms with Crippen molar-refractivity contribution in [2.45, 2.75) is 43.9 Å². The average Bonchev–Trinajstić information content (AvgIpc) is 2.91. The van der Waals surface area contributed by atoms with Crippen molar-refractivity contribution < 1.29 is 4.74 Å². The molecule has 22 heavy (non-hydrogen) atoms. The molecule has 0 bridgehead atoms. The molecule has 2 N–H and O–H groups in total. The smallest absolute Gasteiger partial charge is 0.191 e. The van der Waals surface area contributed by atoms with Crippen molar-refractivity contribution in [1.82, 2.24) is 15.5 Å². The van der Waals surface area contributed by atoms with Crippen LogP contribution < -0.4 is 10.6 Å². The van der Waals surface area contributed by atoms with E-state index < -0.39 is 0 Å². The first kappa shape index (κ1) is 17.9. The van der Waals surface area contributed by atoms with Crippen molar-refractivity contribution in [3.05, 3.63) is 0 Å². The van der Waals surface area contributed by atoms with Gasteiger partial charge in [0.1, 0.15) is 0 Å². The van der Waals surface area contributed by atoms with Gasteiger partial charge in [0, 0.05) is 43.5 Å². The highest BCUT2D eigenvalue weighted by molar-refractivity contribution is 8.00. The van der Waals surface area contributed by atoms with Gasteiger partial charge in [0.25, 0.3) is 0 Å². The van der Waals surface area contributed by atoms with E-state index in [2.05, 4.69) is 53.1 Å². The van der Waals surface area contributed by atoms with E-state index in [0.717, 1.165) is 45.4 Å². The number of nitrogens with one attached hydrogen (secondary N) is 2. The third-order valence-corrected chi connectivity index (χ3v) is 6.18. The Kier molecular flexibility index (Phi) is 6.41. The monoisotopic (exact) mass is 328 g/mol. The Labute approximate surface area is 139 Å². The summed E-state index contributed by atoms with van der Waals surface area (Å²) in [7, 11) is 1.85. The predicted octanol–water partition coefficient (Wildman–Crippen LogP) is 1.55. The van der Waals surface area contributed by atoms with Crippen LogP contribution in [0, 0.1) is 0 Å². The first-order chi connectivity index (χ1) is 10.5. The van der Waals surface area contributed by atoms with Crippen LogP contribution in [-0.2, 0) is 4.74 Å². The molecule has 0 radical (unpaired) electrons. The second-order valence-corrected chi connectivity index (χ2v) is 8.79. The number of nitrogens with zero attached hydrogens (tertiary/aromatic N) is 2. The van der Waals surface area contributed by atoms with Crippen molar-refractivity contribution >= 4 is 17.7 Å². The summed E-state index contributed by atoms with van der Waals surface area (Å²) in [6.07, 6.45) is 2.63. The molecule has 0 aliphatic carbocycles. The number of ether oxygens (including phenoxy) is 1. The third-order valence-electron chi connectivity index (χ3n) is 4.64. The summed E-state index contributed by atoms with van der Waals surface area (Å²) in [5, 5.41) is 6.93. The number of thioether (sulfide) groups is 1. The molecule has 2 aliphatic rings. The van der Waals surface area contributed by atoms with Gasteiger partial charge in [-0.2, -0.15) is 11.8 Å². The van der Waals surface area contributed by atoms with Gasteiger partial charge in [-0.15, -0.1) is 0 Å². The number of hydrogen-bond acceptors (Lipinski definition) is 4. The van der Waals surface area contributed by atoms with Crippen molar-refractivity contribution in [1.29, 1.82) is 0 Å². The average molecular weight is 329 g/mol. The molecule has 2 saturated heterocycles. The van der Waals surface area contributed by atoms with Gasteiger partial charge in [0.05, 0.1) is 13.2 Å². The summed E-state index contributed by atoms with van der Waals surface area (Å²) < 4.78 is 5.93. The minimum atomic E-state index is 0.130. The largest absolute Gasteiger partial charge is 0.378 e. The molecule has 6 heteroatoms. The fourth-order valence-electron chi connectivity index (χ4n) is 3.08. The highest BCUT2D eigenvalue weighted by atomic mass is 32.2. The Bertz CT molecular complexity index is 380. The lowest BCUT2D eigenvalue weighted by molar-refractivity contribution is -0.0496. The lowest BCUT2D eigenvalue weighted by Gasteiger charge is -2.42. The summed E-state index contributed by atoms with van der Waals surface area (Å²) in [5.41, 5.74) is 0.130. The molecular weight excluding hydrogens is 296 g/mol. The summed E-state index contributed by atoms with van der Waals surface area (Å²) in [6, 6.07) is 0. The molecule has 0 aromatic carbocycles. The molecule has 128 valence electrons. The lowest BCUT2D eigenvalue weighted by atomic mass is 10.0. The van der Waals surface area contributed by atoms with Crippen LogP contribution in [0.25, 0.3) is 0 Å². The van der Waals surface area contributed by atoms with Gasteiger partial charge in [-0.1, -0.05) is 0 Å². The van der Waals surface area contributed by atoms with E-state index in [1.54, 1.807) is 0 Å². The topological polar surface area (TPSA) is 48.9 Å². The van der Waals surface area contributed by atoms with E-state index in [-0.39, 0.29) is 5.54 Å². The second-order valence-electron chi connectivity index (χ2n) is 7.11. The maximum Gasteiger partial charge on any atom is 0.191 e. The molecule has 2 heterocycles. The van der Waals surface area contributed by atoms with Gasteiger partial charge >= 0.3 is 0 Å². The molecule has 0 amide bonds. The van der Waals surface area contributed by atoms with Crippen LogP contribution >= 0.6 is 11.8 Å². The van der Waals surface area contributed by atoms with Crippen LogP contribution in [0.1, 0.15) is 33.6 Å². The molecule has 2 aliphatic heterocycles. The van der Waals surface area contributed by atoms with Crippen LogP contribution in [0.5, 0.6) is 0 Å². The normalized spacial score (nSPS) is 29.5. The Morgan fingerprint density at radius 2 is 2.14 bits per heavy atom. The summed E-state index contributed by atoms with van der Waals surface area (Å²) in [5.74, 6) is 2.20. The molecule has 2 rings (SSSR count). The van der Waals surface area contributed by atoms with Crippen LogP contribution in [0.15, 0.2) is 4.99 Å². The van der Waals surface area contributed by atoms with E-state index >= 15 is 0 Å². The highest BCUT2D eigenvalue weighted by Gasteiger charge is 2.30. The first-order valence-electron chi connectivity index (χ1n) is 8.36. The predicted molar refractivity (Wildman–Crippen MR) is 95.9 cm³/mol. The Morgan fingerprint density at radius 1 is 1.32 bits per heavy atom. The summed E-state index contributed by atoms with van der Waals surface area (Å²) >= 11 is 2.08. The van der Waals surface area contributed by atoms with Crippen molar-refractivity contribution in [3.63, 3.8) is 0 Å². The van der Waals surface area contributed by atoms with E-state index in [0.29, 0.717) is 4.75 Å². The quantitative estimate of drug-likeness (QED) is 0.592. The minimum Gasteiger partial charge on any atom is -0.378 e. The molecule has 0 saturated carbocycles. The van der Waals surface area contributed by atoms with Gasteiger partial charge in [-0.3, -0.25) is 9.89 Å². The zero-order valence-electron chi connectivity index (χ0n) is 14.6. The van der Waals surface area contributed by atoms with Crippen molar-refractivity contribution in [2.24, 2.45) is 4.99 Å². The van der Waals surface area contributed by atoms with E-state index in [4.69, 9.17) is 4.74 Å². The lowest BCUT2D eigenvalue weighted by Crippen LogP contribution is -2.55. The maximum atomic E-state index is 5.57. The van der Waals surface area contributed by atoms with Crippen LogP contribution in [0.4, 0.5) is 0 Å². The van der Waals surface area contributed by atoms with Gasteiger partial charge < -0.3 is 15.4 Å². The van der Waals surface area contributed by atoms with Gasteiger partial charge in [-0.25, -0.2) is 0 Å². The van der Waals surface area contributed by atoms with E-state index in [9.17, 15) is 0 Å². The van der Waals surface area contributed by atoms with Gasteiger partial charge in [0.15, 0.2) is 5.96 Å². The van der Waals surface area contributed by atoms with E-state index in [1.165, 1.54) is 18.6 Å². The van der Waals surface area contributed by atoms with Crippen LogP contribution in [-0.4, -0.2) is 73.3 Å². The molecule has 0 aromatic heterocycles. The van der Waals surface area contributed by atoms with Gasteiger partial charge in [-0.05, 0) is 39.4 Å². The van der Waals surface area contributed by atoms with Crippen LogP contribution in [0.2, 0.25) is 0 Å². The number of hydrogen-bond donors (Lipinski definition) is 2. The van der Waals surface area contributed by atoms with Crippen molar-refractivity contribution in [2.75, 3.05) is 52.2 Å². The fraction of sp³-hybridized carbons (Fsp3) is 0.938. The molecule has 5 nitrogen and oxygen atoms in total. The fourth-order valence-corrected chi connectivity index (χ4v) is 4.33. The van der Waals surface area contributed by atoms with Crippen molar-refractivity contribution in [3.8, 4) is 0 Å². The maximum absolute atomic E-state index is 5.57. The Hall–Kier alpha value is -0.460. The van der Waals surface area contributed by atoms with Gasteiger partial charge in [0.2, 0.25) is 0 Å². The zero-order chi connectivity index (χ0) is 16.1. The minimum absolute atomic E-state index is 0.130. The Balaban J connectivity index is 1.70. The number of guanidine groups is 1. The molecular formula is C16H32N4OS. The molecule has 0 aromatic rings. The first-order valence-corrected chi connectivity index (χ1v) is 9.35. The molecule has 0 spiro atoms. The standard InChI is InChI=1S/C16H32N4OS/c1-15(2)13-21-10-9-20(15)8-7-18-14(17-4)19-12-16(3)6-5-11-22-16/h5-13H2,1-4H3,(H2,17,18,19). The summed E-state index contributed by atoms with van der Waals surface area (Å²) in [4.78, 5) is 6.83. The SMILES string of the molecule is CN=C(NCCN1CCOCC1(C)C)NCC1(C)CCCS1. The second kappa shape index (κ2) is 7.88. The number of morpholine rings is 1. The van der Waals surface area contributed by atoms with E-state index in [1.807, 2.05) is 7.05 Å². The Morgan fingerprint density at radius 3 is 2.77 bits per heavy atom. The molecule has 2 fully saturated rings. The third kappa shape index (κ3) is 5.03. The highest BCUT2D eigenvalue weighted by Crippen LogP contribution is 2.36. The molecule has 1 unspecified atom stereocenters.